The van der Waals surface area contributed by atoms with Gasteiger partial charge < -0.3 is 15.4 Å². The fraction of sp³-hybridized carbons (Fsp3) is 0.632. The van der Waals surface area contributed by atoms with Gasteiger partial charge in [0, 0.05) is 6.04 Å². The second-order valence-corrected chi connectivity index (χ2v) is 7.31. The Morgan fingerprint density at radius 2 is 2.16 bits per heavy atom. The van der Waals surface area contributed by atoms with Crippen molar-refractivity contribution in [3.05, 3.63) is 28.8 Å². The Morgan fingerprint density at radius 1 is 1.36 bits per heavy atom. The van der Waals surface area contributed by atoms with Gasteiger partial charge >= 0.3 is 0 Å². The molecule has 6 heteroatoms. The minimum absolute atomic E-state index is 0.0187. The summed E-state index contributed by atoms with van der Waals surface area (Å²) in [5.74, 6) is 0.839. The zero-order valence-electron chi connectivity index (χ0n) is 14.9. The molecule has 0 bridgehead atoms. The number of carbonyl (C=O) groups excluding carboxylic acids is 1. The lowest BCUT2D eigenvalue weighted by atomic mass is 10.0. The van der Waals surface area contributed by atoms with E-state index < -0.39 is 0 Å². The summed E-state index contributed by atoms with van der Waals surface area (Å²) in [6, 6.07) is 6.25. The number of nitrogens with zero attached hydrogens (tertiary/aromatic N) is 1. The number of likely N-dealkylation sites (tertiary alicyclic amines) is 1. The second-order valence-electron chi connectivity index (χ2n) is 6.90. The van der Waals surface area contributed by atoms with E-state index in [1.165, 1.54) is 0 Å². The minimum Gasteiger partial charge on any atom is -0.490 e. The van der Waals surface area contributed by atoms with E-state index in [2.05, 4.69) is 15.5 Å². The largest absolute Gasteiger partial charge is 0.490 e. The van der Waals surface area contributed by atoms with Crippen molar-refractivity contribution in [3.63, 3.8) is 0 Å². The van der Waals surface area contributed by atoms with Crippen LogP contribution in [0.5, 0.6) is 5.75 Å². The average molecular weight is 366 g/mol. The maximum absolute atomic E-state index is 12.6. The van der Waals surface area contributed by atoms with Crippen LogP contribution in [0.3, 0.4) is 0 Å². The number of carbonyl (C=O) groups is 1. The fourth-order valence-electron chi connectivity index (χ4n) is 3.89. The van der Waals surface area contributed by atoms with Crippen LogP contribution in [0, 0.1) is 6.92 Å². The van der Waals surface area contributed by atoms with Gasteiger partial charge in [-0.15, -0.1) is 0 Å². The first-order chi connectivity index (χ1) is 12.2. The van der Waals surface area contributed by atoms with Gasteiger partial charge in [0.05, 0.1) is 17.6 Å². The third-order valence-corrected chi connectivity index (χ3v) is 5.48. The highest BCUT2D eigenvalue weighted by Gasteiger charge is 2.35. The number of halogens is 1. The molecular formula is C19H28ClN3O2. The molecule has 0 aromatic heterocycles. The fourth-order valence-corrected chi connectivity index (χ4v) is 4.17. The average Bonchev–Trinajstić information content (AvgIpc) is 3.11. The number of piperidine rings is 1. The van der Waals surface area contributed by atoms with Crippen molar-refractivity contribution in [3.8, 4) is 5.75 Å². The van der Waals surface area contributed by atoms with Crippen LogP contribution in [0.4, 0.5) is 0 Å². The van der Waals surface area contributed by atoms with Crippen LogP contribution < -0.4 is 15.4 Å². The van der Waals surface area contributed by atoms with Crippen molar-refractivity contribution in [1.29, 1.82) is 0 Å². The summed E-state index contributed by atoms with van der Waals surface area (Å²) in [5.41, 5.74) is 1.01. The van der Waals surface area contributed by atoms with Gasteiger partial charge in [-0.25, -0.2) is 0 Å². The first kappa shape index (κ1) is 18.5. The number of hydrogen-bond acceptors (Lipinski definition) is 4. The molecule has 1 aromatic rings. The summed E-state index contributed by atoms with van der Waals surface area (Å²) in [6.07, 6.45) is 4.34. The molecule has 3 rings (SSSR count). The van der Waals surface area contributed by atoms with Gasteiger partial charge in [-0.2, -0.15) is 0 Å². The molecule has 2 aliphatic rings. The van der Waals surface area contributed by atoms with Crippen LogP contribution in [-0.2, 0) is 4.79 Å². The standard InChI is InChI=1S/C19H28ClN3O2/c1-14-4-2-5-16(20)18(14)25-13-11-22-19(24)17-6-3-12-23(17)15-7-9-21-10-8-15/h2,4-5,15,17,21H,3,6-13H2,1H3,(H,22,24)/t17-/m0/s1. The van der Waals surface area contributed by atoms with Crippen molar-refractivity contribution in [2.45, 2.75) is 44.7 Å². The van der Waals surface area contributed by atoms with Crippen LogP contribution >= 0.6 is 11.6 Å². The third kappa shape index (κ3) is 4.66. The molecule has 1 atom stereocenters. The topological polar surface area (TPSA) is 53.6 Å². The molecule has 2 saturated heterocycles. The van der Waals surface area contributed by atoms with Gasteiger partial charge in [0.25, 0.3) is 0 Å². The number of nitrogens with one attached hydrogen (secondary N) is 2. The normalized spacial score (nSPS) is 22.1. The van der Waals surface area contributed by atoms with Gasteiger partial charge in [0.15, 0.2) is 0 Å². The lowest BCUT2D eigenvalue weighted by Crippen LogP contribution is -2.51. The van der Waals surface area contributed by atoms with Crippen LogP contribution in [0.15, 0.2) is 18.2 Å². The van der Waals surface area contributed by atoms with E-state index in [4.69, 9.17) is 16.3 Å². The van der Waals surface area contributed by atoms with E-state index in [0.717, 1.165) is 50.9 Å². The van der Waals surface area contributed by atoms with E-state index >= 15 is 0 Å². The smallest absolute Gasteiger partial charge is 0.237 e. The molecule has 2 heterocycles. The van der Waals surface area contributed by atoms with Gasteiger partial charge in [-0.1, -0.05) is 23.7 Å². The molecule has 1 aromatic carbocycles. The Bertz CT molecular complexity index is 570. The Hall–Kier alpha value is -1.30. The van der Waals surface area contributed by atoms with Crippen molar-refractivity contribution >= 4 is 17.5 Å². The highest BCUT2D eigenvalue weighted by molar-refractivity contribution is 6.32. The van der Waals surface area contributed by atoms with Gasteiger partial charge in [0.2, 0.25) is 5.91 Å². The number of benzene rings is 1. The van der Waals surface area contributed by atoms with Crippen LogP contribution in [0.25, 0.3) is 0 Å². The number of ether oxygens (including phenoxy) is 1. The molecule has 1 amide bonds. The van der Waals surface area contributed by atoms with Crippen LogP contribution in [0.1, 0.15) is 31.2 Å². The minimum atomic E-state index is 0.0187. The first-order valence-electron chi connectivity index (χ1n) is 9.29. The monoisotopic (exact) mass is 365 g/mol. The summed E-state index contributed by atoms with van der Waals surface area (Å²) in [7, 11) is 0. The third-order valence-electron chi connectivity index (χ3n) is 5.19. The highest BCUT2D eigenvalue weighted by atomic mass is 35.5. The van der Waals surface area contributed by atoms with Gasteiger partial charge in [-0.05, 0) is 63.9 Å². The molecule has 0 unspecified atom stereocenters. The van der Waals surface area contributed by atoms with Crippen molar-refractivity contribution in [2.24, 2.45) is 0 Å². The number of aryl methyl sites for hydroxylation is 1. The summed E-state index contributed by atoms with van der Waals surface area (Å²) in [4.78, 5) is 15.0. The molecule has 0 aliphatic carbocycles. The van der Waals surface area contributed by atoms with Gasteiger partial charge in [0.1, 0.15) is 12.4 Å². The number of amides is 1. The van der Waals surface area contributed by atoms with E-state index in [1.807, 2.05) is 25.1 Å². The molecule has 2 N–H and O–H groups in total. The Morgan fingerprint density at radius 3 is 2.92 bits per heavy atom. The maximum atomic E-state index is 12.6. The van der Waals surface area contributed by atoms with Crippen molar-refractivity contribution in [2.75, 3.05) is 32.8 Å². The van der Waals surface area contributed by atoms with Crippen LogP contribution in [-0.4, -0.2) is 55.7 Å². The SMILES string of the molecule is Cc1cccc(Cl)c1OCCNC(=O)[C@@H]1CCCN1C1CCNCC1. The van der Waals surface area contributed by atoms with E-state index in [0.29, 0.717) is 30.0 Å². The summed E-state index contributed by atoms with van der Waals surface area (Å²) < 4.78 is 5.76. The number of hydrogen-bond donors (Lipinski definition) is 2. The Balaban J connectivity index is 1.45. The predicted molar refractivity (Wildman–Crippen MR) is 100 cm³/mol. The zero-order chi connectivity index (χ0) is 17.6. The van der Waals surface area contributed by atoms with Gasteiger partial charge in [-0.3, -0.25) is 9.69 Å². The molecule has 2 aliphatic heterocycles. The Labute approximate surface area is 155 Å². The van der Waals surface area contributed by atoms with Crippen molar-refractivity contribution in [1.82, 2.24) is 15.5 Å². The van der Waals surface area contributed by atoms with E-state index in [1.54, 1.807) is 0 Å². The molecule has 0 radical (unpaired) electrons. The quantitative estimate of drug-likeness (QED) is 0.760. The zero-order valence-corrected chi connectivity index (χ0v) is 15.6. The number of rotatable bonds is 6. The van der Waals surface area contributed by atoms with Crippen LogP contribution in [0.2, 0.25) is 5.02 Å². The molecule has 138 valence electrons. The van der Waals surface area contributed by atoms with E-state index in [9.17, 15) is 4.79 Å². The summed E-state index contributed by atoms with van der Waals surface area (Å²) >= 11 is 6.16. The maximum Gasteiger partial charge on any atom is 0.237 e. The predicted octanol–water partition coefficient (Wildman–Crippen LogP) is 2.36. The molecule has 0 saturated carbocycles. The highest BCUT2D eigenvalue weighted by Crippen LogP contribution is 2.28. The second kappa shape index (κ2) is 8.88. The molecule has 5 nitrogen and oxygen atoms in total. The lowest BCUT2D eigenvalue weighted by Gasteiger charge is -2.35. The molecular weight excluding hydrogens is 338 g/mol. The Kier molecular flexibility index (Phi) is 6.57. The first-order valence-corrected chi connectivity index (χ1v) is 9.66. The molecule has 25 heavy (non-hydrogen) atoms. The number of para-hydroxylation sites is 1. The van der Waals surface area contributed by atoms with Crippen molar-refractivity contribution < 1.29 is 9.53 Å². The lowest BCUT2D eigenvalue weighted by molar-refractivity contribution is -0.126. The summed E-state index contributed by atoms with van der Waals surface area (Å²) in [5, 5.41) is 7.04. The molecule has 2 fully saturated rings. The van der Waals surface area contributed by atoms with E-state index in [-0.39, 0.29) is 11.9 Å². The summed E-state index contributed by atoms with van der Waals surface area (Å²) in [6.45, 7) is 6.05. The molecule has 0 spiro atoms.